The third kappa shape index (κ3) is 7.41. The number of rotatable bonds is 7. The minimum absolute atomic E-state index is 0.153. The fourth-order valence-corrected chi connectivity index (χ4v) is 3.16. The van der Waals surface area contributed by atoms with Crippen LogP contribution in [-0.4, -0.2) is 30.5 Å². The molecule has 35 heavy (non-hydrogen) atoms. The maximum atomic E-state index is 13.6. The molecule has 3 rings (SSSR count). The van der Waals surface area contributed by atoms with Crippen LogP contribution < -0.4 is 20.8 Å². The van der Waals surface area contributed by atoms with Crippen molar-refractivity contribution in [1.29, 1.82) is 0 Å². The number of para-hydroxylation sites is 1. The Morgan fingerprint density at radius 3 is 2.43 bits per heavy atom. The van der Waals surface area contributed by atoms with Crippen molar-refractivity contribution in [3.05, 3.63) is 87.1 Å². The zero-order chi connectivity index (χ0) is 25.4. The van der Waals surface area contributed by atoms with Crippen LogP contribution in [0.3, 0.4) is 0 Å². The second-order valence-corrected chi connectivity index (χ2v) is 7.98. The highest BCUT2D eigenvalue weighted by atomic mass is 35.5. The summed E-state index contributed by atoms with van der Waals surface area (Å²) in [6.07, 6.45) is 1.17. The number of hydrogen-bond acceptors (Lipinski definition) is 5. The van der Waals surface area contributed by atoms with Gasteiger partial charge in [0.2, 0.25) is 0 Å². The van der Waals surface area contributed by atoms with Gasteiger partial charge >= 0.3 is 11.8 Å². The first-order valence-corrected chi connectivity index (χ1v) is 10.9. The number of nitrogens with one attached hydrogen (secondary N) is 3. The molecule has 3 aromatic carbocycles. The van der Waals surface area contributed by atoms with Gasteiger partial charge in [-0.3, -0.25) is 14.4 Å². The molecular weight excluding hydrogens is 522 g/mol. The molecule has 12 heteroatoms. The number of anilines is 2. The maximum Gasteiger partial charge on any atom is 0.329 e. The Morgan fingerprint density at radius 2 is 1.66 bits per heavy atom. The van der Waals surface area contributed by atoms with Crippen molar-refractivity contribution in [2.75, 3.05) is 17.2 Å². The van der Waals surface area contributed by atoms with E-state index in [4.69, 9.17) is 39.5 Å². The van der Waals surface area contributed by atoms with Crippen LogP contribution in [0.15, 0.2) is 65.8 Å². The minimum atomic E-state index is -1.13. The average Bonchev–Trinajstić information content (AvgIpc) is 2.83. The molecule has 0 bridgehead atoms. The fraction of sp³-hybridized carbons (Fsp3) is 0.0435. The Labute approximate surface area is 214 Å². The summed E-state index contributed by atoms with van der Waals surface area (Å²) < 4.78 is 19.1. The van der Waals surface area contributed by atoms with Crippen LogP contribution >= 0.6 is 34.8 Å². The van der Waals surface area contributed by atoms with Crippen LogP contribution in [0.2, 0.25) is 15.1 Å². The lowest BCUT2D eigenvalue weighted by molar-refractivity contribution is -0.136. The van der Waals surface area contributed by atoms with E-state index in [2.05, 4.69) is 15.7 Å². The van der Waals surface area contributed by atoms with Crippen molar-refractivity contribution in [1.82, 2.24) is 5.43 Å². The predicted octanol–water partition coefficient (Wildman–Crippen LogP) is 4.89. The molecule has 0 saturated carbocycles. The van der Waals surface area contributed by atoms with Crippen LogP contribution in [0.1, 0.15) is 5.56 Å². The van der Waals surface area contributed by atoms with Crippen molar-refractivity contribution in [3.8, 4) is 5.75 Å². The van der Waals surface area contributed by atoms with E-state index in [9.17, 15) is 18.8 Å². The first-order chi connectivity index (χ1) is 16.7. The third-order valence-corrected chi connectivity index (χ3v) is 5.31. The van der Waals surface area contributed by atoms with E-state index in [1.165, 1.54) is 42.6 Å². The summed E-state index contributed by atoms with van der Waals surface area (Å²) in [7, 11) is 0. The Bertz CT molecular complexity index is 1300. The van der Waals surface area contributed by atoms with E-state index in [1.807, 2.05) is 5.43 Å². The highest BCUT2D eigenvalue weighted by Crippen LogP contribution is 2.29. The molecule has 0 aliphatic carbocycles. The number of nitrogens with zero attached hydrogens (tertiary/aromatic N) is 1. The zero-order valence-corrected chi connectivity index (χ0v) is 19.9. The summed E-state index contributed by atoms with van der Waals surface area (Å²) in [5.41, 5.74) is 2.49. The van der Waals surface area contributed by atoms with E-state index in [0.717, 1.165) is 6.07 Å². The molecule has 8 nitrogen and oxygen atoms in total. The lowest BCUT2D eigenvalue weighted by Gasteiger charge is -2.11. The number of amides is 3. The highest BCUT2D eigenvalue weighted by Gasteiger charge is 2.15. The molecular formula is C23H16Cl3FN4O4. The summed E-state index contributed by atoms with van der Waals surface area (Å²) in [6, 6.07) is 14.7. The Kier molecular flexibility index (Phi) is 9.02. The van der Waals surface area contributed by atoms with Gasteiger partial charge < -0.3 is 15.4 Å². The summed E-state index contributed by atoms with van der Waals surface area (Å²) in [5, 5.41) is 9.21. The molecule has 0 atom stereocenters. The fourth-order valence-electron chi connectivity index (χ4n) is 2.63. The molecule has 0 heterocycles. The van der Waals surface area contributed by atoms with Gasteiger partial charge in [-0.2, -0.15) is 5.10 Å². The molecule has 0 unspecified atom stereocenters. The van der Waals surface area contributed by atoms with Gasteiger partial charge in [0.25, 0.3) is 5.91 Å². The second-order valence-electron chi connectivity index (χ2n) is 6.75. The molecule has 0 aromatic heterocycles. The highest BCUT2D eigenvalue weighted by molar-refractivity contribution is 6.44. The number of carbonyl (C=O) groups excluding carboxylic acids is 3. The number of halogens is 4. The average molecular weight is 538 g/mol. The quantitative estimate of drug-likeness (QED) is 0.226. The number of hydrogen-bond donors (Lipinski definition) is 3. The number of benzene rings is 3. The summed E-state index contributed by atoms with van der Waals surface area (Å²) in [6.45, 7) is -0.386. The molecule has 0 fully saturated rings. The lowest BCUT2D eigenvalue weighted by atomic mass is 10.2. The van der Waals surface area contributed by atoms with Gasteiger partial charge in [-0.15, -0.1) is 0 Å². The van der Waals surface area contributed by atoms with E-state index in [0.29, 0.717) is 16.3 Å². The van der Waals surface area contributed by atoms with Crippen molar-refractivity contribution in [2.24, 2.45) is 5.10 Å². The van der Waals surface area contributed by atoms with Crippen molar-refractivity contribution >= 4 is 70.1 Å². The topological polar surface area (TPSA) is 109 Å². The third-order valence-electron chi connectivity index (χ3n) is 4.25. The molecule has 180 valence electrons. The van der Waals surface area contributed by atoms with Gasteiger partial charge in [-0.05, 0) is 42.5 Å². The van der Waals surface area contributed by atoms with Gasteiger partial charge in [0.1, 0.15) is 11.6 Å². The molecule has 0 radical (unpaired) electrons. The standard InChI is InChI=1S/C23H16Cl3FN4O4/c24-14-8-9-19(35-12-20(32)29-18-7-3-4-15(25)21(18)26)13(10-14)11-28-31-23(34)22(33)30-17-6-2-1-5-16(17)27/h1-11H,12H2,(H,29,32)(H,30,33)(H,31,34)/b28-11-. The smallest absolute Gasteiger partial charge is 0.329 e. The predicted molar refractivity (Wildman–Crippen MR) is 133 cm³/mol. The van der Waals surface area contributed by atoms with Crippen molar-refractivity contribution < 1.29 is 23.5 Å². The molecule has 0 aliphatic rings. The Hall–Kier alpha value is -3.66. The van der Waals surface area contributed by atoms with Crippen LogP contribution in [0.5, 0.6) is 5.75 Å². The monoisotopic (exact) mass is 536 g/mol. The molecule has 3 amide bonds. The zero-order valence-electron chi connectivity index (χ0n) is 17.7. The largest absolute Gasteiger partial charge is 0.483 e. The second kappa shape index (κ2) is 12.2. The molecule has 0 aliphatic heterocycles. The maximum absolute atomic E-state index is 13.6. The molecule has 0 saturated heterocycles. The van der Waals surface area contributed by atoms with Gasteiger partial charge in [-0.25, -0.2) is 9.82 Å². The van der Waals surface area contributed by atoms with E-state index in [-0.39, 0.29) is 28.1 Å². The number of ether oxygens (including phenoxy) is 1. The summed E-state index contributed by atoms with van der Waals surface area (Å²) in [5.74, 6) is -3.24. The number of hydrazone groups is 1. The van der Waals surface area contributed by atoms with E-state index >= 15 is 0 Å². The van der Waals surface area contributed by atoms with Gasteiger partial charge in [0.15, 0.2) is 6.61 Å². The Morgan fingerprint density at radius 1 is 0.914 bits per heavy atom. The molecule has 0 spiro atoms. The van der Waals surface area contributed by atoms with Gasteiger partial charge in [0.05, 0.1) is 27.6 Å². The summed E-state index contributed by atoms with van der Waals surface area (Å²) in [4.78, 5) is 36.1. The van der Waals surface area contributed by atoms with Crippen LogP contribution in [0.4, 0.5) is 15.8 Å². The first-order valence-electron chi connectivity index (χ1n) is 9.79. The first kappa shape index (κ1) is 26.0. The normalized spacial score (nSPS) is 10.6. The van der Waals surface area contributed by atoms with Gasteiger partial charge in [-0.1, -0.05) is 53.0 Å². The molecule has 3 N–H and O–H groups in total. The van der Waals surface area contributed by atoms with Crippen molar-refractivity contribution in [2.45, 2.75) is 0 Å². The van der Waals surface area contributed by atoms with Crippen LogP contribution in [0.25, 0.3) is 0 Å². The van der Waals surface area contributed by atoms with Gasteiger partial charge in [0, 0.05) is 10.6 Å². The SMILES string of the molecule is O=C(COc1ccc(Cl)cc1/C=N\NC(=O)C(=O)Nc1ccccc1F)Nc1cccc(Cl)c1Cl. The Balaban J connectivity index is 1.60. The molecule has 3 aromatic rings. The summed E-state index contributed by atoms with van der Waals surface area (Å²) >= 11 is 18.0. The number of carbonyl (C=O) groups is 3. The van der Waals surface area contributed by atoms with Crippen molar-refractivity contribution in [3.63, 3.8) is 0 Å². The van der Waals surface area contributed by atoms with Crippen LogP contribution in [0, 0.1) is 5.82 Å². The van der Waals surface area contributed by atoms with E-state index < -0.39 is 23.5 Å². The van der Waals surface area contributed by atoms with Crippen LogP contribution in [-0.2, 0) is 14.4 Å². The van der Waals surface area contributed by atoms with E-state index in [1.54, 1.807) is 18.2 Å². The lowest BCUT2D eigenvalue weighted by Crippen LogP contribution is -2.32. The minimum Gasteiger partial charge on any atom is -0.483 e.